The summed E-state index contributed by atoms with van der Waals surface area (Å²) in [6.45, 7) is 0. The Morgan fingerprint density at radius 1 is 1.29 bits per heavy atom. The summed E-state index contributed by atoms with van der Waals surface area (Å²) in [5, 5.41) is 0. The van der Waals surface area contributed by atoms with E-state index >= 15 is 0 Å². The van der Waals surface area contributed by atoms with Gasteiger partial charge < -0.3 is 5.73 Å². The van der Waals surface area contributed by atoms with Crippen LogP contribution in [0.2, 0.25) is 0 Å². The fraction of sp³-hybridized carbons (Fsp3) is 0.600. The van der Waals surface area contributed by atoms with Gasteiger partial charge in [-0.15, -0.1) is 0 Å². The zero-order chi connectivity index (χ0) is 9.54. The lowest BCUT2D eigenvalue weighted by atomic mass is 10.2. The van der Waals surface area contributed by atoms with Crippen molar-refractivity contribution in [2.45, 2.75) is 30.8 Å². The average molecular weight is 207 g/mol. The number of hydrogen-bond acceptors (Lipinski definition) is 4. The van der Waals surface area contributed by atoms with Crippen molar-refractivity contribution in [2.75, 3.05) is 5.73 Å². The van der Waals surface area contributed by atoms with E-state index in [-0.39, 0.29) is 0 Å². The van der Waals surface area contributed by atoms with Crippen LogP contribution in [0.5, 0.6) is 0 Å². The van der Waals surface area contributed by atoms with E-state index in [2.05, 4.69) is 9.97 Å². The summed E-state index contributed by atoms with van der Waals surface area (Å²) in [6, 6.07) is 0. The van der Waals surface area contributed by atoms with Gasteiger partial charge in [-0.3, -0.25) is 0 Å². The van der Waals surface area contributed by atoms with Crippen LogP contribution in [0.15, 0.2) is 0 Å². The molecule has 4 heteroatoms. The third-order valence-electron chi connectivity index (χ3n) is 2.82. The van der Waals surface area contributed by atoms with Crippen molar-refractivity contribution in [1.82, 2.24) is 9.97 Å². The van der Waals surface area contributed by atoms with Crippen molar-refractivity contribution >= 4 is 17.6 Å². The number of fused-ring (bicyclic) bond motifs is 1. The summed E-state index contributed by atoms with van der Waals surface area (Å²) in [6.07, 6.45) is 3.71. The van der Waals surface area contributed by atoms with E-state index in [0.717, 1.165) is 35.5 Å². The van der Waals surface area contributed by atoms with Gasteiger partial charge in [-0.25, -0.2) is 9.97 Å². The van der Waals surface area contributed by atoms with Gasteiger partial charge in [0.05, 0.1) is 5.69 Å². The summed E-state index contributed by atoms with van der Waals surface area (Å²) in [7, 11) is 0. The number of anilines is 1. The maximum absolute atomic E-state index is 5.90. The first-order chi connectivity index (χ1) is 6.83. The molecule has 1 saturated carbocycles. The smallest absolute Gasteiger partial charge is 0.131 e. The minimum atomic E-state index is 0.718. The first-order valence-electron chi connectivity index (χ1n) is 5.05. The van der Waals surface area contributed by atoms with Crippen molar-refractivity contribution in [1.29, 1.82) is 0 Å². The molecule has 2 heterocycles. The molecular formula is C10H13N3S. The van der Waals surface area contributed by atoms with Crippen LogP contribution in [-0.2, 0) is 17.9 Å². The molecule has 3 nitrogen and oxygen atoms in total. The largest absolute Gasteiger partial charge is 0.383 e. The molecule has 0 spiro atoms. The van der Waals surface area contributed by atoms with Crippen LogP contribution in [0.4, 0.5) is 5.82 Å². The third-order valence-corrected chi connectivity index (χ3v) is 3.79. The lowest BCUT2D eigenvalue weighted by Gasteiger charge is -2.04. The molecular weight excluding hydrogens is 194 g/mol. The highest BCUT2D eigenvalue weighted by molar-refractivity contribution is 7.98. The van der Waals surface area contributed by atoms with Gasteiger partial charge in [0, 0.05) is 23.5 Å². The molecule has 2 N–H and O–H groups in total. The quantitative estimate of drug-likeness (QED) is 0.803. The molecule has 0 saturated heterocycles. The third kappa shape index (κ3) is 1.47. The Balaban J connectivity index is 1.94. The van der Waals surface area contributed by atoms with Crippen LogP contribution in [0.3, 0.4) is 0 Å². The van der Waals surface area contributed by atoms with Gasteiger partial charge >= 0.3 is 0 Å². The Hall–Kier alpha value is -0.770. The standard InChI is InChI=1S/C10H13N3S/c11-10-7-4-14-5-8(7)12-9(13-10)3-6-1-2-6/h6H,1-5H2,(H2,11,12,13). The van der Waals surface area contributed by atoms with Gasteiger partial charge in [0.25, 0.3) is 0 Å². The Labute approximate surface area is 87.5 Å². The second-order valence-corrected chi connectivity index (χ2v) is 5.08. The summed E-state index contributed by atoms with van der Waals surface area (Å²) in [5.41, 5.74) is 8.26. The predicted octanol–water partition coefficient (Wildman–Crippen LogP) is 1.76. The fourth-order valence-corrected chi connectivity index (χ4v) is 2.85. The lowest BCUT2D eigenvalue weighted by molar-refractivity contribution is 0.763. The minimum Gasteiger partial charge on any atom is -0.383 e. The number of nitrogen functional groups attached to an aromatic ring is 1. The molecule has 1 fully saturated rings. The Bertz CT molecular complexity index is 374. The van der Waals surface area contributed by atoms with E-state index in [9.17, 15) is 0 Å². The summed E-state index contributed by atoms with van der Waals surface area (Å²) in [5.74, 6) is 4.52. The molecule has 0 unspecified atom stereocenters. The van der Waals surface area contributed by atoms with Gasteiger partial charge in [0.1, 0.15) is 11.6 Å². The van der Waals surface area contributed by atoms with Gasteiger partial charge in [-0.05, 0) is 18.8 Å². The highest BCUT2D eigenvalue weighted by atomic mass is 32.2. The van der Waals surface area contributed by atoms with Gasteiger partial charge in [0.2, 0.25) is 0 Å². The molecule has 2 aliphatic rings. The zero-order valence-electron chi connectivity index (χ0n) is 7.99. The lowest BCUT2D eigenvalue weighted by Crippen LogP contribution is -2.06. The highest BCUT2D eigenvalue weighted by Crippen LogP contribution is 2.34. The van der Waals surface area contributed by atoms with Gasteiger partial charge in [-0.1, -0.05) is 0 Å². The van der Waals surface area contributed by atoms with Gasteiger partial charge in [0.15, 0.2) is 0 Å². The SMILES string of the molecule is Nc1nc(CC2CC2)nc2c1CSC2. The number of aromatic nitrogens is 2. The molecule has 1 aliphatic carbocycles. The number of hydrogen-bond donors (Lipinski definition) is 1. The van der Waals surface area contributed by atoms with Crippen molar-refractivity contribution in [3.8, 4) is 0 Å². The Kier molecular flexibility index (Phi) is 1.90. The van der Waals surface area contributed by atoms with Crippen LogP contribution in [0, 0.1) is 5.92 Å². The van der Waals surface area contributed by atoms with E-state index in [1.807, 2.05) is 11.8 Å². The maximum atomic E-state index is 5.90. The summed E-state index contributed by atoms with van der Waals surface area (Å²) < 4.78 is 0. The number of thioether (sulfide) groups is 1. The molecule has 0 atom stereocenters. The van der Waals surface area contributed by atoms with Crippen molar-refractivity contribution in [3.63, 3.8) is 0 Å². The van der Waals surface area contributed by atoms with Crippen molar-refractivity contribution < 1.29 is 0 Å². The van der Waals surface area contributed by atoms with Crippen LogP contribution in [0.1, 0.15) is 29.9 Å². The molecule has 0 amide bonds. The fourth-order valence-electron chi connectivity index (χ4n) is 1.80. The molecule has 1 aliphatic heterocycles. The van der Waals surface area contributed by atoms with Crippen LogP contribution in [-0.4, -0.2) is 9.97 Å². The minimum absolute atomic E-state index is 0.718. The molecule has 0 radical (unpaired) electrons. The van der Waals surface area contributed by atoms with Crippen LogP contribution < -0.4 is 5.73 Å². The van der Waals surface area contributed by atoms with Crippen LogP contribution in [0.25, 0.3) is 0 Å². The molecule has 0 aromatic carbocycles. The normalized spacial score (nSPS) is 19.7. The Morgan fingerprint density at radius 3 is 2.93 bits per heavy atom. The number of nitrogens with zero attached hydrogens (tertiary/aromatic N) is 2. The van der Waals surface area contributed by atoms with E-state index in [0.29, 0.717) is 0 Å². The molecule has 3 rings (SSSR count). The highest BCUT2D eigenvalue weighted by Gasteiger charge is 2.25. The van der Waals surface area contributed by atoms with Crippen LogP contribution >= 0.6 is 11.8 Å². The van der Waals surface area contributed by atoms with Crippen molar-refractivity contribution in [2.24, 2.45) is 5.92 Å². The molecule has 1 aromatic heterocycles. The first-order valence-corrected chi connectivity index (χ1v) is 6.20. The van der Waals surface area contributed by atoms with E-state index in [1.165, 1.54) is 24.1 Å². The molecule has 0 bridgehead atoms. The number of rotatable bonds is 2. The zero-order valence-corrected chi connectivity index (χ0v) is 8.81. The summed E-state index contributed by atoms with van der Waals surface area (Å²) >= 11 is 1.88. The predicted molar refractivity (Wildman–Crippen MR) is 57.9 cm³/mol. The monoisotopic (exact) mass is 207 g/mol. The van der Waals surface area contributed by atoms with Gasteiger partial charge in [-0.2, -0.15) is 11.8 Å². The average Bonchev–Trinajstić information content (AvgIpc) is 2.82. The van der Waals surface area contributed by atoms with E-state index in [4.69, 9.17) is 5.73 Å². The van der Waals surface area contributed by atoms with E-state index in [1.54, 1.807) is 0 Å². The maximum Gasteiger partial charge on any atom is 0.131 e. The molecule has 14 heavy (non-hydrogen) atoms. The van der Waals surface area contributed by atoms with E-state index < -0.39 is 0 Å². The molecule has 74 valence electrons. The second kappa shape index (κ2) is 3.12. The number of nitrogens with two attached hydrogens (primary N) is 1. The second-order valence-electron chi connectivity index (χ2n) is 4.09. The summed E-state index contributed by atoms with van der Waals surface area (Å²) in [4.78, 5) is 8.96. The molecule has 1 aromatic rings. The first kappa shape index (κ1) is 8.53. The van der Waals surface area contributed by atoms with Crippen molar-refractivity contribution in [3.05, 3.63) is 17.1 Å². The Morgan fingerprint density at radius 2 is 2.14 bits per heavy atom. The topological polar surface area (TPSA) is 51.8 Å².